The molecule has 0 heterocycles. The zero-order chi connectivity index (χ0) is 13.5. The van der Waals surface area contributed by atoms with Gasteiger partial charge in [0.15, 0.2) is 0 Å². The summed E-state index contributed by atoms with van der Waals surface area (Å²) in [5, 5.41) is 3.59. The second kappa shape index (κ2) is 4.71. The Hall–Kier alpha value is -1.23. The van der Waals surface area contributed by atoms with Gasteiger partial charge < -0.3 is 5.32 Å². The van der Waals surface area contributed by atoms with Gasteiger partial charge in [-0.15, -0.1) is 0 Å². The zero-order valence-electron chi connectivity index (χ0n) is 11.1. The minimum atomic E-state index is -3.21. The lowest BCUT2D eigenvalue weighted by atomic mass is 10.1. The van der Waals surface area contributed by atoms with E-state index in [1.54, 1.807) is 6.07 Å². The van der Waals surface area contributed by atoms with Crippen LogP contribution in [0.5, 0.6) is 0 Å². The van der Waals surface area contributed by atoms with Gasteiger partial charge in [-0.1, -0.05) is 6.07 Å². The Balaban J connectivity index is 1.71. The molecular weight excluding hydrogens is 260 g/mol. The van der Waals surface area contributed by atoms with Crippen molar-refractivity contribution >= 4 is 21.4 Å². The predicted molar refractivity (Wildman–Crippen MR) is 77.8 cm³/mol. The molecule has 104 valence electrons. The van der Waals surface area contributed by atoms with Crippen molar-refractivity contribution in [3.63, 3.8) is 0 Å². The van der Waals surface area contributed by atoms with Gasteiger partial charge in [0.1, 0.15) is 0 Å². The van der Waals surface area contributed by atoms with Gasteiger partial charge in [-0.2, -0.15) is 0 Å². The summed E-state index contributed by atoms with van der Waals surface area (Å²) in [7, 11) is -3.21. The van der Waals surface area contributed by atoms with Gasteiger partial charge in [0.05, 0.1) is 11.9 Å². The average Bonchev–Trinajstić information content (AvgIpc) is 3.17. The summed E-state index contributed by atoms with van der Waals surface area (Å²) in [5.74, 6) is 1.64. The molecule has 0 aromatic heterocycles. The Morgan fingerprint density at radius 3 is 2.21 bits per heavy atom. The van der Waals surface area contributed by atoms with Crippen molar-refractivity contribution in [2.24, 2.45) is 11.8 Å². The van der Waals surface area contributed by atoms with E-state index in [1.807, 2.05) is 18.2 Å². The van der Waals surface area contributed by atoms with E-state index in [-0.39, 0.29) is 0 Å². The van der Waals surface area contributed by atoms with Gasteiger partial charge in [-0.05, 0) is 55.7 Å². The molecule has 1 aromatic carbocycles. The first-order valence-electron chi connectivity index (χ1n) is 6.86. The van der Waals surface area contributed by atoms with E-state index in [0.29, 0.717) is 11.7 Å². The molecule has 0 aliphatic heterocycles. The van der Waals surface area contributed by atoms with Crippen LogP contribution in [-0.2, 0) is 10.0 Å². The molecule has 0 unspecified atom stereocenters. The summed E-state index contributed by atoms with van der Waals surface area (Å²) in [6, 6.07) is 8.11. The van der Waals surface area contributed by atoms with Crippen LogP contribution in [-0.4, -0.2) is 20.7 Å². The van der Waals surface area contributed by atoms with Gasteiger partial charge in [0.2, 0.25) is 10.0 Å². The van der Waals surface area contributed by atoms with Crippen molar-refractivity contribution in [1.29, 1.82) is 0 Å². The number of nitrogens with one attached hydrogen (secondary N) is 2. The summed E-state index contributed by atoms with van der Waals surface area (Å²) in [6.07, 6.45) is 6.49. The zero-order valence-corrected chi connectivity index (χ0v) is 11.9. The first-order chi connectivity index (χ1) is 9.01. The summed E-state index contributed by atoms with van der Waals surface area (Å²) in [4.78, 5) is 0. The molecule has 2 aliphatic carbocycles. The molecule has 2 aliphatic rings. The first kappa shape index (κ1) is 12.8. The third kappa shape index (κ3) is 3.62. The predicted octanol–water partition coefficient (Wildman–Crippen LogP) is 2.66. The average molecular weight is 280 g/mol. The second-order valence-corrected chi connectivity index (χ2v) is 7.55. The molecule has 0 saturated heterocycles. The fourth-order valence-electron chi connectivity index (χ4n) is 2.61. The maximum atomic E-state index is 11.2. The van der Waals surface area contributed by atoms with Crippen LogP contribution in [0.25, 0.3) is 0 Å². The van der Waals surface area contributed by atoms with Crippen LogP contribution in [0.15, 0.2) is 24.3 Å². The Labute approximate surface area is 114 Å². The highest BCUT2D eigenvalue weighted by Crippen LogP contribution is 2.45. The van der Waals surface area contributed by atoms with Crippen molar-refractivity contribution in [1.82, 2.24) is 0 Å². The van der Waals surface area contributed by atoms with Crippen LogP contribution in [0.3, 0.4) is 0 Å². The monoisotopic (exact) mass is 280 g/mol. The van der Waals surface area contributed by atoms with Crippen molar-refractivity contribution in [2.75, 3.05) is 16.3 Å². The van der Waals surface area contributed by atoms with E-state index in [9.17, 15) is 8.42 Å². The third-order valence-electron chi connectivity index (χ3n) is 3.76. The van der Waals surface area contributed by atoms with E-state index < -0.39 is 10.0 Å². The van der Waals surface area contributed by atoms with Crippen molar-refractivity contribution in [3.05, 3.63) is 24.3 Å². The first-order valence-corrected chi connectivity index (χ1v) is 8.75. The molecule has 0 radical (unpaired) electrons. The minimum absolute atomic E-state index is 0.577. The highest BCUT2D eigenvalue weighted by molar-refractivity contribution is 7.92. The summed E-state index contributed by atoms with van der Waals surface area (Å²) >= 11 is 0. The highest BCUT2D eigenvalue weighted by atomic mass is 32.2. The lowest BCUT2D eigenvalue weighted by Crippen LogP contribution is -2.24. The maximum absolute atomic E-state index is 11.2. The largest absolute Gasteiger partial charge is 0.382 e. The van der Waals surface area contributed by atoms with E-state index >= 15 is 0 Å². The molecule has 2 N–H and O–H groups in total. The van der Waals surface area contributed by atoms with Crippen molar-refractivity contribution in [3.8, 4) is 0 Å². The Bertz CT molecular complexity index is 551. The van der Waals surface area contributed by atoms with Crippen molar-refractivity contribution < 1.29 is 8.42 Å². The lowest BCUT2D eigenvalue weighted by molar-refractivity contribution is 0.568. The fraction of sp³-hybridized carbons (Fsp3) is 0.571. The van der Waals surface area contributed by atoms with Crippen LogP contribution in [0.4, 0.5) is 11.4 Å². The van der Waals surface area contributed by atoms with Crippen LogP contribution < -0.4 is 10.0 Å². The number of sulfonamides is 1. The van der Waals surface area contributed by atoms with E-state index in [4.69, 9.17) is 0 Å². The van der Waals surface area contributed by atoms with Gasteiger partial charge in [-0.3, -0.25) is 4.72 Å². The molecule has 0 spiro atoms. The number of rotatable bonds is 6. The quantitative estimate of drug-likeness (QED) is 0.842. The number of hydrogen-bond donors (Lipinski definition) is 2. The number of hydrogen-bond acceptors (Lipinski definition) is 3. The maximum Gasteiger partial charge on any atom is 0.229 e. The number of anilines is 2. The van der Waals surface area contributed by atoms with Crippen LogP contribution >= 0.6 is 0 Å². The van der Waals surface area contributed by atoms with E-state index in [2.05, 4.69) is 10.0 Å². The van der Waals surface area contributed by atoms with Gasteiger partial charge in [0, 0.05) is 11.7 Å². The molecule has 4 nitrogen and oxygen atoms in total. The fourth-order valence-corrected chi connectivity index (χ4v) is 3.17. The standard InChI is InChI=1S/C14H20N2O2S/c1-19(17,18)16-13-4-2-3-12(9-13)15-14(10-5-6-10)11-7-8-11/h2-4,9-11,14-16H,5-8H2,1H3. The molecule has 5 heteroatoms. The van der Waals surface area contributed by atoms with E-state index in [0.717, 1.165) is 17.5 Å². The smallest absolute Gasteiger partial charge is 0.229 e. The van der Waals surface area contributed by atoms with Gasteiger partial charge in [0.25, 0.3) is 0 Å². The minimum Gasteiger partial charge on any atom is -0.382 e. The summed E-state index contributed by atoms with van der Waals surface area (Å²) < 4.78 is 25.0. The van der Waals surface area contributed by atoms with Crippen LogP contribution in [0.2, 0.25) is 0 Å². The second-order valence-electron chi connectivity index (χ2n) is 5.80. The van der Waals surface area contributed by atoms with Gasteiger partial charge in [-0.25, -0.2) is 8.42 Å². The summed E-state index contributed by atoms with van der Waals surface area (Å²) in [6.45, 7) is 0. The molecule has 0 amide bonds. The molecule has 0 atom stereocenters. The molecular formula is C14H20N2O2S. The highest BCUT2D eigenvalue weighted by Gasteiger charge is 2.41. The molecule has 2 saturated carbocycles. The third-order valence-corrected chi connectivity index (χ3v) is 4.37. The lowest BCUT2D eigenvalue weighted by Gasteiger charge is -2.19. The molecule has 1 aromatic rings. The topological polar surface area (TPSA) is 58.2 Å². The number of benzene rings is 1. The molecule has 0 bridgehead atoms. The SMILES string of the molecule is CS(=O)(=O)Nc1cccc(NC(C2CC2)C2CC2)c1. The Morgan fingerprint density at radius 1 is 1.11 bits per heavy atom. The molecule has 3 rings (SSSR count). The normalized spacial score (nSPS) is 19.5. The Kier molecular flexibility index (Phi) is 3.17. The van der Waals surface area contributed by atoms with Gasteiger partial charge >= 0.3 is 0 Å². The molecule has 19 heavy (non-hydrogen) atoms. The van der Waals surface area contributed by atoms with Crippen molar-refractivity contribution in [2.45, 2.75) is 31.7 Å². The summed E-state index contributed by atoms with van der Waals surface area (Å²) in [5.41, 5.74) is 1.63. The van der Waals surface area contributed by atoms with Crippen LogP contribution in [0.1, 0.15) is 25.7 Å². The van der Waals surface area contributed by atoms with Crippen LogP contribution in [0, 0.1) is 11.8 Å². The Morgan fingerprint density at radius 2 is 1.68 bits per heavy atom. The molecule has 2 fully saturated rings. The van der Waals surface area contributed by atoms with E-state index in [1.165, 1.54) is 31.9 Å².